The minimum absolute atomic E-state index is 0.0563. The Balaban J connectivity index is 2.45. The van der Waals surface area contributed by atoms with Gasteiger partial charge < -0.3 is 11.1 Å². The smallest absolute Gasteiger partial charge is 0.250 e. The van der Waals surface area contributed by atoms with Crippen LogP contribution in [0, 0.1) is 0 Å². The van der Waals surface area contributed by atoms with Crippen LogP contribution in [0.3, 0.4) is 0 Å². The van der Waals surface area contributed by atoms with E-state index in [9.17, 15) is 8.78 Å². The molecule has 2 nitrogen and oxygen atoms in total. The van der Waals surface area contributed by atoms with Crippen molar-refractivity contribution in [2.24, 2.45) is 5.73 Å². The first-order chi connectivity index (χ1) is 8.13. The lowest BCUT2D eigenvalue weighted by Gasteiger charge is -2.21. The lowest BCUT2D eigenvalue weighted by molar-refractivity contribution is 0.140. The van der Waals surface area contributed by atoms with E-state index in [1.807, 2.05) is 30.3 Å². The molecule has 0 aliphatic heterocycles. The maximum Gasteiger partial charge on any atom is 0.250 e. The average Bonchev–Trinajstić information content (AvgIpc) is 2.35. The predicted molar refractivity (Wildman–Crippen MR) is 66.3 cm³/mol. The molecule has 1 aromatic carbocycles. The van der Waals surface area contributed by atoms with Gasteiger partial charge in [-0.25, -0.2) is 8.78 Å². The van der Waals surface area contributed by atoms with Gasteiger partial charge in [-0.2, -0.15) is 0 Å². The second kappa shape index (κ2) is 7.35. The Labute approximate surface area is 101 Å². The number of nitrogens with two attached hydrogens (primary N) is 1. The summed E-state index contributed by atoms with van der Waals surface area (Å²) in [5, 5.41) is 2.79. The van der Waals surface area contributed by atoms with Crippen LogP contribution in [0.4, 0.5) is 8.78 Å². The highest BCUT2D eigenvalue weighted by Crippen LogP contribution is 2.19. The van der Waals surface area contributed by atoms with Crippen LogP contribution >= 0.6 is 0 Å². The summed E-state index contributed by atoms with van der Waals surface area (Å²) in [5.41, 5.74) is 6.79. The van der Waals surface area contributed by atoms with Gasteiger partial charge in [0.05, 0.1) is 6.54 Å². The molecular formula is C13H20F2N2. The van der Waals surface area contributed by atoms with Gasteiger partial charge in [-0.05, 0) is 17.9 Å². The van der Waals surface area contributed by atoms with Crippen LogP contribution in [0.15, 0.2) is 30.3 Å². The lowest BCUT2D eigenvalue weighted by Crippen LogP contribution is -2.39. The summed E-state index contributed by atoms with van der Waals surface area (Å²) in [4.78, 5) is 0. The number of benzene rings is 1. The first kappa shape index (κ1) is 14.1. The van der Waals surface area contributed by atoms with Gasteiger partial charge in [0.15, 0.2) is 0 Å². The highest BCUT2D eigenvalue weighted by Gasteiger charge is 2.14. The van der Waals surface area contributed by atoms with Crippen molar-refractivity contribution in [3.8, 4) is 0 Å². The zero-order valence-electron chi connectivity index (χ0n) is 10.1. The maximum absolute atomic E-state index is 12.1. The molecule has 0 aromatic heterocycles. The van der Waals surface area contributed by atoms with Crippen molar-refractivity contribution < 1.29 is 8.78 Å². The van der Waals surface area contributed by atoms with E-state index in [1.165, 1.54) is 5.56 Å². The minimum Gasteiger partial charge on any atom is -0.329 e. The normalized spacial score (nSPS) is 14.9. The van der Waals surface area contributed by atoms with E-state index < -0.39 is 6.43 Å². The van der Waals surface area contributed by atoms with Crippen molar-refractivity contribution in [2.45, 2.75) is 31.7 Å². The number of hydrogen-bond acceptors (Lipinski definition) is 2. The first-order valence-electron chi connectivity index (χ1n) is 5.90. The molecule has 0 radical (unpaired) electrons. The highest BCUT2D eigenvalue weighted by atomic mass is 19.3. The number of hydrogen-bond donors (Lipinski definition) is 2. The lowest BCUT2D eigenvalue weighted by atomic mass is 9.94. The molecule has 3 N–H and O–H groups in total. The topological polar surface area (TPSA) is 38.0 Å². The summed E-state index contributed by atoms with van der Waals surface area (Å²) in [5.74, 6) is 0.315. The van der Waals surface area contributed by atoms with E-state index in [0.29, 0.717) is 12.5 Å². The zero-order chi connectivity index (χ0) is 12.7. The SMILES string of the molecule is CC(CC(CN)NCC(F)F)c1ccccc1. The molecule has 17 heavy (non-hydrogen) atoms. The van der Waals surface area contributed by atoms with Crippen LogP contribution in [-0.2, 0) is 0 Å². The van der Waals surface area contributed by atoms with Gasteiger partial charge in [0.1, 0.15) is 0 Å². The van der Waals surface area contributed by atoms with E-state index in [2.05, 4.69) is 12.2 Å². The van der Waals surface area contributed by atoms with Gasteiger partial charge in [0, 0.05) is 12.6 Å². The Bertz CT molecular complexity index is 304. The molecule has 0 aliphatic carbocycles. The minimum atomic E-state index is -2.32. The molecule has 0 spiro atoms. The molecular weight excluding hydrogens is 222 g/mol. The van der Waals surface area contributed by atoms with Gasteiger partial charge in [0.2, 0.25) is 0 Å². The van der Waals surface area contributed by atoms with Crippen molar-refractivity contribution in [1.82, 2.24) is 5.32 Å². The molecule has 96 valence electrons. The Morgan fingerprint density at radius 2 is 1.88 bits per heavy atom. The average molecular weight is 242 g/mol. The third-order valence-electron chi connectivity index (χ3n) is 2.85. The highest BCUT2D eigenvalue weighted by molar-refractivity contribution is 5.18. The van der Waals surface area contributed by atoms with Crippen LogP contribution in [0.25, 0.3) is 0 Å². The Hall–Kier alpha value is -1.00. The largest absolute Gasteiger partial charge is 0.329 e. The van der Waals surface area contributed by atoms with E-state index >= 15 is 0 Å². The second-order valence-electron chi connectivity index (χ2n) is 4.28. The molecule has 0 bridgehead atoms. The van der Waals surface area contributed by atoms with Crippen LogP contribution in [0.2, 0.25) is 0 Å². The summed E-state index contributed by atoms with van der Waals surface area (Å²) in [6.07, 6.45) is -1.55. The van der Waals surface area contributed by atoms with Crippen molar-refractivity contribution in [3.63, 3.8) is 0 Å². The van der Waals surface area contributed by atoms with Crippen LogP contribution in [0.5, 0.6) is 0 Å². The van der Waals surface area contributed by atoms with Crippen molar-refractivity contribution in [2.75, 3.05) is 13.1 Å². The monoisotopic (exact) mass is 242 g/mol. The van der Waals surface area contributed by atoms with Crippen LogP contribution in [-0.4, -0.2) is 25.6 Å². The quantitative estimate of drug-likeness (QED) is 0.770. The molecule has 0 saturated carbocycles. The van der Waals surface area contributed by atoms with Gasteiger partial charge in [0.25, 0.3) is 6.43 Å². The molecule has 0 aliphatic rings. The fraction of sp³-hybridized carbons (Fsp3) is 0.538. The van der Waals surface area contributed by atoms with E-state index in [4.69, 9.17) is 5.73 Å². The predicted octanol–water partition coefficient (Wildman–Crippen LogP) is 2.36. The first-order valence-corrected chi connectivity index (χ1v) is 5.90. The van der Waals surface area contributed by atoms with Crippen molar-refractivity contribution >= 4 is 0 Å². The van der Waals surface area contributed by atoms with E-state index in [1.54, 1.807) is 0 Å². The number of rotatable bonds is 7. The maximum atomic E-state index is 12.1. The van der Waals surface area contributed by atoms with Gasteiger partial charge in [-0.15, -0.1) is 0 Å². The molecule has 1 aromatic rings. The van der Waals surface area contributed by atoms with Gasteiger partial charge in [-0.3, -0.25) is 0 Å². The van der Waals surface area contributed by atoms with Gasteiger partial charge in [-0.1, -0.05) is 37.3 Å². The molecule has 0 heterocycles. The van der Waals surface area contributed by atoms with E-state index in [0.717, 1.165) is 6.42 Å². The summed E-state index contributed by atoms with van der Waals surface area (Å²) >= 11 is 0. The second-order valence-corrected chi connectivity index (χ2v) is 4.28. The fourth-order valence-electron chi connectivity index (χ4n) is 1.86. The van der Waals surface area contributed by atoms with E-state index in [-0.39, 0.29) is 12.6 Å². The van der Waals surface area contributed by atoms with Crippen molar-refractivity contribution in [3.05, 3.63) is 35.9 Å². The zero-order valence-corrected chi connectivity index (χ0v) is 10.1. The third kappa shape index (κ3) is 5.24. The molecule has 1 rings (SSSR count). The van der Waals surface area contributed by atoms with Gasteiger partial charge >= 0.3 is 0 Å². The summed E-state index contributed by atoms with van der Waals surface area (Å²) in [7, 11) is 0. The molecule has 0 saturated heterocycles. The standard InChI is InChI=1S/C13H20F2N2/c1-10(11-5-3-2-4-6-11)7-12(8-16)17-9-13(14)15/h2-6,10,12-13,17H,7-9,16H2,1H3. The molecule has 4 heteroatoms. The van der Waals surface area contributed by atoms with Crippen LogP contribution < -0.4 is 11.1 Å². The van der Waals surface area contributed by atoms with Crippen LogP contribution in [0.1, 0.15) is 24.8 Å². The Morgan fingerprint density at radius 3 is 2.41 bits per heavy atom. The number of nitrogens with one attached hydrogen (secondary N) is 1. The van der Waals surface area contributed by atoms with Crippen molar-refractivity contribution in [1.29, 1.82) is 0 Å². The summed E-state index contributed by atoms with van der Waals surface area (Å²) < 4.78 is 24.2. The molecule has 2 unspecified atom stereocenters. The molecule has 0 amide bonds. The summed E-state index contributed by atoms with van der Waals surface area (Å²) in [6.45, 7) is 2.18. The third-order valence-corrected chi connectivity index (χ3v) is 2.85. The molecule has 2 atom stereocenters. The number of alkyl halides is 2. The number of halogens is 2. The summed E-state index contributed by atoms with van der Waals surface area (Å²) in [6, 6.07) is 9.97. The fourth-order valence-corrected chi connectivity index (χ4v) is 1.86. The Kier molecular flexibility index (Phi) is 6.08. The molecule has 0 fully saturated rings. The Morgan fingerprint density at radius 1 is 1.24 bits per heavy atom.